The van der Waals surface area contributed by atoms with Gasteiger partial charge in [0.05, 0.1) is 6.61 Å². The first-order valence-corrected chi connectivity index (χ1v) is 7.02. The minimum atomic E-state index is -0.584. The zero-order valence-electron chi connectivity index (χ0n) is 11.6. The molecule has 1 fully saturated rings. The second-order valence-electron chi connectivity index (χ2n) is 4.85. The predicted octanol–water partition coefficient (Wildman–Crippen LogP) is 1.94. The summed E-state index contributed by atoms with van der Waals surface area (Å²) in [6.45, 7) is 3.38. The third kappa shape index (κ3) is 3.73. The van der Waals surface area contributed by atoms with Crippen molar-refractivity contribution in [3.63, 3.8) is 0 Å². The van der Waals surface area contributed by atoms with Crippen LogP contribution in [0.3, 0.4) is 0 Å². The van der Waals surface area contributed by atoms with Crippen LogP contribution in [0.25, 0.3) is 0 Å². The third-order valence-electron chi connectivity index (χ3n) is 3.20. The van der Waals surface area contributed by atoms with Gasteiger partial charge in [0.2, 0.25) is 11.8 Å². The van der Waals surface area contributed by atoms with E-state index in [4.69, 9.17) is 4.74 Å². The smallest absolute Gasteiger partial charge is 0.236 e. The highest BCUT2D eigenvalue weighted by Gasteiger charge is 2.28. The first-order valence-electron chi connectivity index (χ1n) is 7.02. The van der Waals surface area contributed by atoms with Gasteiger partial charge in [-0.2, -0.15) is 0 Å². The molecule has 1 atom stereocenters. The van der Waals surface area contributed by atoms with Gasteiger partial charge in [0.25, 0.3) is 0 Å². The van der Waals surface area contributed by atoms with Crippen molar-refractivity contribution in [2.75, 3.05) is 18.5 Å². The van der Waals surface area contributed by atoms with Crippen LogP contribution in [0.1, 0.15) is 26.2 Å². The molecule has 0 unspecified atom stereocenters. The van der Waals surface area contributed by atoms with Gasteiger partial charge in [-0.05, 0) is 43.5 Å². The molecule has 20 heavy (non-hydrogen) atoms. The number of nitrogens with one attached hydrogen (secondary N) is 2. The predicted molar refractivity (Wildman–Crippen MR) is 76.6 cm³/mol. The lowest BCUT2D eigenvalue weighted by Gasteiger charge is -2.21. The van der Waals surface area contributed by atoms with Crippen LogP contribution in [0.15, 0.2) is 24.3 Å². The standard InChI is InChI=1S/C15H20N2O3/c1-2-10-20-12-7-5-11(6-8-12)17-15(19)13-4-3-9-16-14(13)18/h5-8,13H,2-4,9-10H2,1H3,(H,16,18)(H,17,19)/t13-/m1/s1. The molecule has 1 heterocycles. The summed E-state index contributed by atoms with van der Waals surface area (Å²) >= 11 is 0. The first-order chi connectivity index (χ1) is 9.70. The minimum Gasteiger partial charge on any atom is -0.494 e. The molecule has 0 bridgehead atoms. The van der Waals surface area contributed by atoms with E-state index < -0.39 is 5.92 Å². The molecule has 0 spiro atoms. The van der Waals surface area contributed by atoms with E-state index in [2.05, 4.69) is 10.6 Å². The SMILES string of the molecule is CCCOc1ccc(NC(=O)[C@@H]2CCCNC2=O)cc1. The molecule has 1 aliphatic rings. The molecular weight excluding hydrogens is 256 g/mol. The van der Waals surface area contributed by atoms with E-state index in [1.165, 1.54) is 0 Å². The van der Waals surface area contributed by atoms with E-state index in [0.29, 0.717) is 25.3 Å². The van der Waals surface area contributed by atoms with Gasteiger partial charge in [-0.1, -0.05) is 6.92 Å². The highest BCUT2D eigenvalue weighted by atomic mass is 16.5. The molecule has 108 valence electrons. The largest absolute Gasteiger partial charge is 0.494 e. The quantitative estimate of drug-likeness (QED) is 0.808. The molecule has 1 aromatic carbocycles. The fourth-order valence-corrected chi connectivity index (χ4v) is 2.11. The number of hydrogen-bond donors (Lipinski definition) is 2. The van der Waals surface area contributed by atoms with Crippen LogP contribution in [0.2, 0.25) is 0 Å². The van der Waals surface area contributed by atoms with Crippen LogP contribution in [0, 0.1) is 5.92 Å². The van der Waals surface area contributed by atoms with E-state index in [9.17, 15) is 9.59 Å². The second kappa shape index (κ2) is 6.93. The van der Waals surface area contributed by atoms with E-state index >= 15 is 0 Å². The minimum absolute atomic E-state index is 0.184. The number of piperidine rings is 1. The van der Waals surface area contributed by atoms with E-state index in [-0.39, 0.29) is 11.8 Å². The van der Waals surface area contributed by atoms with Gasteiger partial charge in [0.15, 0.2) is 0 Å². The maximum absolute atomic E-state index is 12.0. The fourth-order valence-electron chi connectivity index (χ4n) is 2.11. The van der Waals surface area contributed by atoms with Crippen molar-refractivity contribution in [2.45, 2.75) is 26.2 Å². The van der Waals surface area contributed by atoms with Gasteiger partial charge < -0.3 is 15.4 Å². The first kappa shape index (κ1) is 14.4. The number of carbonyl (C=O) groups is 2. The Bertz CT molecular complexity index is 471. The summed E-state index contributed by atoms with van der Waals surface area (Å²) in [4.78, 5) is 23.6. The molecule has 0 aromatic heterocycles. The van der Waals surface area contributed by atoms with Crippen LogP contribution in [-0.4, -0.2) is 25.0 Å². The Balaban J connectivity index is 1.92. The summed E-state index contributed by atoms with van der Waals surface area (Å²) in [5.74, 6) is -0.235. The Labute approximate surface area is 118 Å². The lowest BCUT2D eigenvalue weighted by Crippen LogP contribution is -2.42. The highest BCUT2D eigenvalue weighted by molar-refractivity contribution is 6.06. The molecule has 5 nitrogen and oxygen atoms in total. The van der Waals surface area contributed by atoms with Crippen LogP contribution in [0.5, 0.6) is 5.75 Å². The number of anilines is 1. The lowest BCUT2D eigenvalue weighted by atomic mass is 9.98. The topological polar surface area (TPSA) is 67.4 Å². The average molecular weight is 276 g/mol. The Morgan fingerprint density at radius 3 is 2.80 bits per heavy atom. The molecule has 2 N–H and O–H groups in total. The molecule has 5 heteroatoms. The summed E-state index contributed by atoms with van der Waals surface area (Å²) in [6, 6.07) is 7.19. The zero-order chi connectivity index (χ0) is 14.4. The third-order valence-corrected chi connectivity index (χ3v) is 3.20. The maximum Gasteiger partial charge on any atom is 0.236 e. The summed E-state index contributed by atoms with van der Waals surface area (Å²) in [5.41, 5.74) is 0.678. The Morgan fingerprint density at radius 2 is 2.15 bits per heavy atom. The molecule has 1 saturated heterocycles. The Kier molecular flexibility index (Phi) is 4.98. The fraction of sp³-hybridized carbons (Fsp3) is 0.467. The van der Waals surface area contributed by atoms with Gasteiger partial charge in [-0.3, -0.25) is 9.59 Å². The molecule has 2 rings (SSSR count). The van der Waals surface area contributed by atoms with Gasteiger partial charge in [-0.15, -0.1) is 0 Å². The Hall–Kier alpha value is -2.04. The summed E-state index contributed by atoms with van der Waals surface area (Å²) < 4.78 is 5.47. The van der Waals surface area contributed by atoms with Crippen molar-refractivity contribution in [1.29, 1.82) is 0 Å². The molecule has 1 aliphatic heterocycles. The number of benzene rings is 1. The van der Waals surface area contributed by atoms with Crippen LogP contribution in [-0.2, 0) is 9.59 Å². The van der Waals surface area contributed by atoms with Gasteiger partial charge >= 0.3 is 0 Å². The summed E-state index contributed by atoms with van der Waals surface area (Å²) in [7, 11) is 0. The van der Waals surface area contributed by atoms with Crippen molar-refractivity contribution in [3.8, 4) is 5.75 Å². The maximum atomic E-state index is 12.0. The van der Waals surface area contributed by atoms with Crippen LogP contribution < -0.4 is 15.4 Å². The molecule has 2 amide bonds. The molecule has 1 aromatic rings. The average Bonchev–Trinajstić information content (AvgIpc) is 2.47. The van der Waals surface area contributed by atoms with Gasteiger partial charge in [0.1, 0.15) is 11.7 Å². The molecule has 0 saturated carbocycles. The summed E-state index contributed by atoms with van der Waals surface area (Å²) in [6.07, 6.45) is 2.40. The van der Waals surface area contributed by atoms with Crippen LogP contribution in [0.4, 0.5) is 5.69 Å². The Morgan fingerprint density at radius 1 is 1.40 bits per heavy atom. The lowest BCUT2D eigenvalue weighted by molar-refractivity contribution is -0.134. The monoisotopic (exact) mass is 276 g/mol. The zero-order valence-corrected chi connectivity index (χ0v) is 11.6. The molecule has 0 aliphatic carbocycles. The van der Waals surface area contributed by atoms with E-state index in [1.54, 1.807) is 12.1 Å². The number of carbonyl (C=O) groups excluding carboxylic acids is 2. The second-order valence-corrected chi connectivity index (χ2v) is 4.85. The number of ether oxygens (including phenoxy) is 1. The van der Waals surface area contributed by atoms with Crippen molar-refractivity contribution < 1.29 is 14.3 Å². The number of rotatable bonds is 5. The normalized spacial score (nSPS) is 18.2. The molecular formula is C15H20N2O3. The summed E-state index contributed by atoms with van der Waals surface area (Å²) in [5, 5.41) is 5.48. The van der Waals surface area contributed by atoms with Crippen molar-refractivity contribution in [2.24, 2.45) is 5.92 Å². The number of amides is 2. The number of hydrogen-bond acceptors (Lipinski definition) is 3. The van der Waals surface area contributed by atoms with E-state index in [0.717, 1.165) is 18.6 Å². The van der Waals surface area contributed by atoms with Crippen molar-refractivity contribution in [3.05, 3.63) is 24.3 Å². The van der Waals surface area contributed by atoms with Crippen molar-refractivity contribution >= 4 is 17.5 Å². The van der Waals surface area contributed by atoms with E-state index in [1.807, 2.05) is 19.1 Å². The molecule has 0 radical (unpaired) electrons. The highest BCUT2D eigenvalue weighted by Crippen LogP contribution is 2.18. The van der Waals surface area contributed by atoms with Crippen LogP contribution >= 0.6 is 0 Å². The van der Waals surface area contributed by atoms with Gasteiger partial charge in [-0.25, -0.2) is 0 Å². The van der Waals surface area contributed by atoms with Crippen molar-refractivity contribution in [1.82, 2.24) is 5.32 Å². The van der Waals surface area contributed by atoms with Gasteiger partial charge in [0, 0.05) is 12.2 Å².